The molecule has 2 N–H and O–H groups in total. The van der Waals surface area contributed by atoms with Gasteiger partial charge in [0.2, 0.25) is 5.91 Å². The summed E-state index contributed by atoms with van der Waals surface area (Å²) in [6.07, 6.45) is 7.19. The van der Waals surface area contributed by atoms with Crippen LogP contribution in [0.25, 0.3) is 32.1 Å². The van der Waals surface area contributed by atoms with Crippen molar-refractivity contribution < 1.29 is 18.3 Å². The molecule has 0 radical (unpaired) electrons. The third-order valence-electron chi connectivity index (χ3n) is 9.76. The zero-order chi connectivity index (χ0) is 33.6. The second-order valence-corrected chi connectivity index (χ2v) is 14.5. The predicted octanol–water partition coefficient (Wildman–Crippen LogP) is 6.77. The zero-order valence-electron chi connectivity index (χ0n) is 26.5. The lowest BCUT2D eigenvalue weighted by atomic mass is 9.97. The largest absolute Gasteiger partial charge is 0.463 e. The fourth-order valence-corrected chi connectivity index (χ4v) is 8.31. The fourth-order valence-electron chi connectivity index (χ4n) is 7.07. The second kappa shape index (κ2) is 13.1. The molecule has 0 bridgehead atoms. The summed E-state index contributed by atoms with van der Waals surface area (Å²) < 4.78 is 38.3. The summed E-state index contributed by atoms with van der Waals surface area (Å²) in [5, 5.41) is 10.7. The van der Waals surface area contributed by atoms with E-state index in [0.29, 0.717) is 56.8 Å². The molecule has 2 aromatic carbocycles. The summed E-state index contributed by atoms with van der Waals surface area (Å²) in [7, 11) is 0. The minimum Gasteiger partial charge on any atom is -0.463 e. The summed E-state index contributed by atoms with van der Waals surface area (Å²) in [6.45, 7) is 9.42. The molecule has 0 atom stereocenters. The van der Waals surface area contributed by atoms with Crippen LogP contribution in [0.1, 0.15) is 44.1 Å². The van der Waals surface area contributed by atoms with E-state index < -0.39 is 11.6 Å². The van der Waals surface area contributed by atoms with Crippen LogP contribution in [0.15, 0.2) is 30.9 Å². The highest BCUT2D eigenvalue weighted by atomic mass is 35.5. The van der Waals surface area contributed by atoms with Crippen LogP contribution < -0.4 is 15.4 Å². The van der Waals surface area contributed by atoms with Gasteiger partial charge >= 0.3 is 6.01 Å². The van der Waals surface area contributed by atoms with Gasteiger partial charge in [-0.2, -0.15) is 15.2 Å². The molecule has 1 saturated carbocycles. The minimum absolute atomic E-state index is 0.00184. The van der Waals surface area contributed by atoms with Crippen molar-refractivity contribution in [3.05, 3.63) is 53.1 Å². The molecule has 250 valence electrons. The van der Waals surface area contributed by atoms with Gasteiger partial charge in [0.1, 0.15) is 28.2 Å². The van der Waals surface area contributed by atoms with E-state index in [1.54, 1.807) is 11.0 Å². The van der Waals surface area contributed by atoms with Gasteiger partial charge in [-0.3, -0.25) is 4.79 Å². The second-order valence-electron chi connectivity index (χ2n) is 13.0. The van der Waals surface area contributed by atoms with Crippen molar-refractivity contribution in [3.8, 4) is 23.2 Å². The molecule has 4 heterocycles. The van der Waals surface area contributed by atoms with Gasteiger partial charge in [-0.1, -0.05) is 24.2 Å². The Balaban J connectivity index is 1.31. The van der Waals surface area contributed by atoms with Gasteiger partial charge in [-0.25, -0.2) is 8.78 Å². The number of benzene rings is 2. The molecular formula is C35H36ClF2N7O2S. The van der Waals surface area contributed by atoms with Crippen LogP contribution in [0.5, 0.6) is 6.01 Å². The van der Waals surface area contributed by atoms with E-state index in [4.69, 9.17) is 27.1 Å². The van der Waals surface area contributed by atoms with Gasteiger partial charge in [0.15, 0.2) is 5.82 Å². The van der Waals surface area contributed by atoms with E-state index in [0.717, 1.165) is 43.8 Å². The van der Waals surface area contributed by atoms with Crippen molar-refractivity contribution in [2.75, 3.05) is 63.1 Å². The van der Waals surface area contributed by atoms with Crippen LogP contribution in [-0.2, 0) is 4.79 Å². The summed E-state index contributed by atoms with van der Waals surface area (Å²) in [4.78, 5) is 28.1. The first-order valence-electron chi connectivity index (χ1n) is 16.3. The molecule has 2 aromatic heterocycles. The number of nitrogens with two attached hydrogens (primary N) is 1. The molecule has 2 saturated heterocycles. The maximum atomic E-state index is 17.0. The Bertz CT molecular complexity index is 1960. The number of halogens is 3. The number of nitriles is 1. The molecule has 2 aliphatic heterocycles. The average Bonchev–Trinajstić information content (AvgIpc) is 3.45. The first kappa shape index (κ1) is 32.5. The molecule has 0 spiro atoms. The van der Waals surface area contributed by atoms with Crippen molar-refractivity contribution in [2.24, 2.45) is 5.41 Å². The monoisotopic (exact) mass is 691 g/mol. The maximum Gasteiger partial charge on any atom is 0.319 e. The Kier molecular flexibility index (Phi) is 8.87. The number of fused-ring (bicyclic) bond motifs is 2. The quantitative estimate of drug-likeness (QED) is 0.202. The number of carbonyl (C=O) groups is 1. The van der Waals surface area contributed by atoms with Gasteiger partial charge in [0, 0.05) is 54.5 Å². The Morgan fingerprint density at radius 1 is 1.12 bits per heavy atom. The molecule has 1 amide bonds. The van der Waals surface area contributed by atoms with Crippen molar-refractivity contribution in [2.45, 2.75) is 38.5 Å². The summed E-state index contributed by atoms with van der Waals surface area (Å²) in [6, 6.07) is 6.40. The van der Waals surface area contributed by atoms with Crippen molar-refractivity contribution >= 4 is 60.7 Å². The fraction of sp³-hybridized carbons (Fsp3) is 0.429. The van der Waals surface area contributed by atoms with Crippen molar-refractivity contribution in [3.63, 3.8) is 0 Å². The first-order chi connectivity index (χ1) is 23.2. The number of rotatable bonds is 8. The molecule has 3 fully saturated rings. The first-order valence-corrected chi connectivity index (χ1v) is 17.5. The van der Waals surface area contributed by atoms with E-state index in [-0.39, 0.29) is 59.6 Å². The highest BCUT2D eigenvalue weighted by Crippen LogP contribution is 2.48. The average molecular weight is 692 g/mol. The molecule has 1 aliphatic carbocycles. The van der Waals surface area contributed by atoms with Crippen LogP contribution in [0.3, 0.4) is 0 Å². The van der Waals surface area contributed by atoms with E-state index >= 15 is 4.39 Å². The Morgan fingerprint density at radius 2 is 1.85 bits per heavy atom. The molecule has 7 rings (SSSR count). The predicted molar refractivity (Wildman–Crippen MR) is 185 cm³/mol. The number of hydrogen-bond acceptors (Lipinski definition) is 9. The van der Waals surface area contributed by atoms with Crippen LogP contribution in [-0.4, -0.2) is 78.1 Å². The molecule has 3 aliphatic rings. The number of nitrogen functional groups attached to an aromatic ring is 1. The lowest BCUT2D eigenvalue weighted by Gasteiger charge is -2.31. The van der Waals surface area contributed by atoms with E-state index in [9.17, 15) is 14.4 Å². The lowest BCUT2D eigenvalue weighted by molar-refractivity contribution is -0.126. The number of thiophene rings is 1. The maximum absolute atomic E-state index is 17.0. The zero-order valence-corrected chi connectivity index (χ0v) is 28.1. The number of ether oxygens (including phenoxy) is 1. The minimum atomic E-state index is -0.722. The normalized spacial score (nSPS) is 18.1. The lowest BCUT2D eigenvalue weighted by Crippen LogP contribution is -2.39. The van der Waals surface area contributed by atoms with E-state index in [2.05, 4.69) is 21.4 Å². The third-order valence-corrected chi connectivity index (χ3v) is 11.1. The van der Waals surface area contributed by atoms with Crippen molar-refractivity contribution in [1.29, 1.82) is 5.26 Å². The number of anilines is 2. The van der Waals surface area contributed by atoms with Crippen LogP contribution in [0.4, 0.5) is 19.6 Å². The van der Waals surface area contributed by atoms with Gasteiger partial charge in [0.25, 0.3) is 0 Å². The van der Waals surface area contributed by atoms with Crippen LogP contribution in [0, 0.1) is 28.4 Å². The van der Waals surface area contributed by atoms with Gasteiger partial charge in [0.05, 0.1) is 21.9 Å². The SMILES string of the molecule is C=CC(=O)N1CCCN(c2nc(OCC3(CN4CCCC4)CC3)nc3c(F)c(-c4ccc(F)c5sc(N)c(C#N)c45)c(Cl)cc23)CCC1. The molecule has 0 unspecified atom stereocenters. The highest BCUT2D eigenvalue weighted by Gasteiger charge is 2.45. The molecule has 4 aromatic rings. The van der Waals surface area contributed by atoms with E-state index in [1.807, 2.05) is 6.07 Å². The summed E-state index contributed by atoms with van der Waals surface area (Å²) in [5.74, 6) is -0.881. The van der Waals surface area contributed by atoms with Gasteiger partial charge in [-0.05, 0) is 75.4 Å². The number of aromatic nitrogens is 2. The Hall–Kier alpha value is -4.05. The third kappa shape index (κ3) is 6.04. The van der Waals surface area contributed by atoms with Crippen molar-refractivity contribution in [1.82, 2.24) is 19.8 Å². The number of hydrogen-bond donors (Lipinski definition) is 1. The number of nitrogens with zero attached hydrogens (tertiary/aromatic N) is 6. The van der Waals surface area contributed by atoms with Gasteiger partial charge in [-0.15, -0.1) is 11.3 Å². The summed E-state index contributed by atoms with van der Waals surface area (Å²) in [5.41, 5.74) is 6.45. The van der Waals surface area contributed by atoms with Gasteiger partial charge < -0.3 is 25.2 Å². The standard InChI is InChI=1S/C35H36ClF2N7O2S/c1-2-26(46)44-13-5-15-45(16-6-14-44)33-22-17-24(36)28(21-7-8-25(37)31-27(21)23(18-39)32(40)48-31)29(38)30(22)41-34(42-33)47-20-35(9-10-35)19-43-11-3-4-12-43/h2,7-8,17H,1,3-6,9-16,19-20,40H2. The number of amides is 1. The molecular weight excluding hydrogens is 656 g/mol. The molecule has 13 heteroatoms. The van der Waals surface area contributed by atoms with Crippen LogP contribution in [0.2, 0.25) is 5.02 Å². The molecule has 48 heavy (non-hydrogen) atoms. The number of likely N-dealkylation sites (tertiary alicyclic amines) is 1. The summed E-state index contributed by atoms with van der Waals surface area (Å²) >= 11 is 7.81. The Labute approximate surface area is 286 Å². The Morgan fingerprint density at radius 3 is 2.52 bits per heavy atom. The van der Waals surface area contributed by atoms with E-state index in [1.165, 1.54) is 31.1 Å². The van der Waals surface area contributed by atoms with Crippen LogP contribution >= 0.6 is 22.9 Å². The molecule has 9 nitrogen and oxygen atoms in total. The number of carbonyl (C=O) groups excluding carboxylic acids is 1. The topological polar surface area (TPSA) is 112 Å². The highest BCUT2D eigenvalue weighted by molar-refractivity contribution is 7.23. The smallest absolute Gasteiger partial charge is 0.319 e.